The van der Waals surface area contributed by atoms with Gasteiger partial charge in [0.05, 0.1) is 5.92 Å². The van der Waals surface area contributed by atoms with Gasteiger partial charge in [0.25, 0.3) is 0 Å². The van der Waals surface area contributed by atoms with Crippen molar-refractivity contribution in [3.05, 3.63) is 95.6 Å². The van der Waals surface area contributed by atoms with Crippen LogP contribution in [-0.4, -0.2) is 5.97 Å². The number of benzene rings is 3. The molecule has 0 aliphatic heterocycles. The van der Waals surface area contributed by atoms with Gasteiger partial charge in [0.2, 0.25) is 0 Å². The molecule has 0 spiro atoms. The number of hydrogen-bond donors (Lipinski definition) is 0. The van der Waals surface area contributed by atoms with Gasteiger partial charge in [-0.05, 0) is 48.2 Å². The second-order valence-electron chi connectivity index (χ2n) is 7.31. The van der Waals surface area contributed by atoms with E-state index in [1.165, 1.54) is 0 Å². The first kappa shape index (κ1) is 19.7. The lowest BCUT2D eigenvalue weighted by Gasteiger charge is -2.20. The van der Waals surface area contributed by atoms with Crippen LogP contribution in [0.1, 0.15) is 36.5 Å². The third kappa shape index (κ3) is 5.23. The van der Waals surface area contributed by atoms with Crippen LogP contribution in [0, 0.1) is 12.8 Å². The zero-order chi connectivity index (χ0) is 19.9. The number of carbonyl (C=O) groups excluding carboxylic acids is 1. The van der Waals surface area contributed by atoms with Crippen molar-refractivity contribution in [2.45, 2.75) is 33.3 Å². The van der Waals surface area contributed by atoms with Crippen LogP contribution in [0.15, 0.2) is 78.9 Å². The highest BCUT2D eigenvalue weighted by Crippen LogP contribution is 2.27. The molecule has 3 aromatic carbocycles. The van der Waals surface area contributed by atoms with Crippen molar-refractivity contribution in [2.24, 2.45) is 5.92 Å². The van der Waals surface area contributed by atoms with Crippen molar-refractivity contribution < 1.29 is 14.3 Å². The number of para-hydroxylation sites is 1. The molecule has 3 nitrogen and oxygen atoms in total. The van der Waals surface area contributed by atoms with Gasteiger partial charge in [0, 0.05) is 0 Å². The molecule has 1 unspecified atom stereocenters. The molecule has 0 N–H and O–H groups in total. The normalized spacial score (nSPS) is 11.9. The monoisotopic (exact) mass is 374 g/mol. The molecular weight excluding hydrogens is 348 g/mol. The topological polar surface area (TPSA) is 35.5 Å². The summed E-state index contributed by atoms with van der Waals surface area (Å²) in [5.41, 5.74) is 3.04. The molecule has 0 heterocycles. The first-order valence-corrected chi connectivity index (χ1v) is 9.58. The predicted molar refractivity (Wildman–Crippen MR) is 112 cm³/mol. The van der Waals surface area contributed by atoms with Crippen LogP contribution >= 0.6 is 0 Å². The molecule has 3 aromatic rings. The maximum absolute atomic E-state index is 12.8. The SMILES string of the molecule is Cc1cccc(C(C(=O)OCc2cccc(Oc3ccccc3)c2)C(C)C)c1. The number of rotatable bonds is 7. The highest BCUT2D eigenvalue weighted by Gasteiger charge is 2.25. The molecule has 0 aromatic heterocycles. The van der Waals surface area contributed by atoms with Gasteiger partial charge in [-0.3, -0.25) is 4.79 Å². The number of ether oxygens (including phenoxy) is 2. The second kappa shape index (κ2) is 9.23. The number of carbonyl (C=O) groups is 1. The van der Waals surface area contributed by atoms with Gasteiger partial charge < -0.3 is 9.47 Å². The average molecular weight is 374 g/mol. The Hall–Kier alpha value is -3.07. The smallest absolute Gasteiger partial charge is 0.314 e. The molecule has 28 heavy (non-hydrogen) atoms. The van der Waals surface area contributed by atoms with E-state index < -0.39 is 0 Å². The Balaban J connectivity index is 1.67. The van der Waals surface area contributed by atoms with E-state index in [-0.39, 0.29) is 24.4 Å². The van der Waals surface area contributed by atoms with Crippen molar-refractivity contribution in [3.63, 3.8) is 0 Å². The van der Waals surface area contributed by atoms with E-state index in [9.17, 15) is 4.79 Å². The summed E-state index contributed by atoms with van der Waals surface area (Å²) in [5, 5.41) is 0. The Kier molecular flexibility index (Phi) is 6.49. The van der Waals surface area contributed by atoms with E-state index in [0.29, 0.717) is 0 Å². The summed E-state index contributed by atoms with van der Waals surface area (Å²) in [6.45, 7) is 6.34. The Bertz CT molecular complexity index is 916. The lowest BCUT2D eigenvalue weighted by Crippen LogP contribution is -2.21. The zero-order valence-corrected chi connectivity index (χ0v) is 16.6. The van der Waals surface area contributed by atoms with E-state index in [1.54, 1.807) is 0 Å². The van der Waals surface area contributed by atoms with Crippen LogP contribution in [0.25, 0.3) is 0 Å². The van der Waals surface area contributed by atoms with E-state index in [0.717, 1.165) is 28.2 Å². The first-order chi connectivity index (χ1) is 13.5. The molecule has 0 aliphatic rings. The molecule has 0 bridgehead atoms. The minimum atomic E-state index is -0.274. The van der Waals surface area contributed by atoms with Crippen LogP contribution in [-0.2, 0) is 16.1 Å². The van der Waals surface area contributed by atoms with Gasteiger partial charge in [0.15, 0.2) is 0 Å². The van der Waals surface area contributed by atoms with Crippen molar-refractivity contribution >= 4 is 5.97 Å². The molecule has 0 saturated heterocycles. The van der Waals surface area contributed by atoms with Crippen LogP contribution in [0.3, 0.4) is 0 Å². The van der Waals surface area contributed by atoms with Crippen molar-refractivity contribution in [2.75, 3.05) is 0 Å². The largest absolute Gasteiger partial charge is 0.460 e. The minimum absolute atomic E-state index is 0.155. The molecular formula is C25H26O3. The van der Waals surface area contributed by atoms with Crippen LogP contribution in [0.2, 0.25) is 0 Å². The summed E-state index contributed by atoms with van der Waals surface area (Å²) in [6, 6.07) is 25.3. The van der Waals surface area contributed by atoms with Crippen LogP contribution in [0.5, 0.6) is 11.5 Å². The van der Waals surface area contributed by atoms with E-state index in [1.807, 2.05) is 93.6 Å². The fourth-order valence-electron chi connectivity index (χ4n) is 3.22. The molecule has 144 valence electrons. The summed E-state index contributed by atoms with van der Waals surface area (Å²) >= 11 is 0. The summed E-state index contributed by atoms with van der Waals surface area (Å²) < 4.78 is 11.5. The van der Waals surface area contributed by atoms with E-state index in [4.69, 9.17) is 9.47 Å². The average Bonchev–Trinajstić information content (AvgIpc) is 2.67. The summed E-state index contributed by atoms with van der Waals surface area (Å²) in [6.07, 6.45) is 0. The quantitative estimate of drug-likeness (QED) is 0.457. The van der Waals surface area contributed by atoms with Gasteiger partial charge in [-0.2, -0.15) is 0 Å². The maximum atomic E-state index is 12.8. The second-order valence-corrected chi connectivity index (χ2v) is 7.31. The zero-order valence-electron chi connectivity index (χ0n) is 16.6. The molecule has 0 aliphatic carbocycles. The summed E-state index contributed by atoms with van der Waals surface area (Å²) in [7, 11) is 0. The van der Waals surface area contributed by atoms with Crippen LogP contribution in [0.4, 0.5) is 0 Å². The lowest BCUT2D eigenvalue weighted by atomic mass is 9.88. The van der Waals surface area contributed by atoms with Crippen molar-refractivity contribution in [3.8, 4) is 11.5 Å². The molecule has 3 heteroatoms. The summed E-state index contributed by atoms with van der Waals surface area (Å²) in [4.78, 5) is 12.8. The predicted octanol–water partition coefficient (Wildman–Crippen LogP) is 6.27. The van der Waals surface area contributed by atoms with E-state index in [2.05, 4.69) is 6.07 Å². The van der Waals surface area contributed by atoms with Gasteiger partial charge in [0.1, 0.15) is 18.1 Å². The standard InChI is InChI=1S/C25H26O3/c1-18(2)24(21-11-7-9-19(3)15-21)25(26)27-17-20-10-8-14-23(16-20)28-22-12-5-4-6-13-22/h4-16,18,24H,17H2,1-3H3. The highest BCUT2D eigenvalue weighted by atomic mass is 16.5. The van der Waals surface area contributed by atoms with Gasteiger partial charge in [-0.15, -0.1) is 0 Å². The van der Waals surface area contributed by atoms with Gasteiger partial charge >= 0.3 is 5.97 Å². The highest BCUT2D eigenvalue weighted by molar-refractivity contribution is 5.78. The maximum Gasteiger partial charge on any atom is 0.314 e. The lowest BCUT2D eigenvalue weighted by molar-refractivity contribution is -0.148. The van der Waals surface area contributed by atoms with Crippen LogP contribution < -0.4 is 4.74 Å². The third-order valence-electron chi connectivity index (χ3n) is 4.58. The molecule has 0 amide bonds. The third-order valence-corrected chi connectivity index (χ3v) is 4.58. The molecule has 3 rings (SSSR count). The Labute approximate surface area is 166 Å². The van der Waals surface area contributed by atoms with Gasteiger partial charge in [-0.25, -0.2) is 0 Å². The first-order valence-electron chi connectivity index (χ1n) is 9.58. The number of esters is 1. The Morgan fingerprint density at radius 1 is 0.857 bits per heavy atom. The number of hydrogen-bond acceptors (Lipinski definition) is 3. The molecule has 0 fully saturated rings. The molecule has 1 atom stereocenters. The fourth-order valence-corrected chi connectivity index (χ4v) is 3.22. The molecule has 0 saturated carbocycles. The fraction of sp³-hybridized carbons (Fsp3) is 0.240. The Morgan fingerprint density at radius 2 is 1.57 bits per heavy atom. The number of aryl methyl sites for hydroxylation is 1. The van der Waals surface area contributed by atoms with Crippen molar-refractivity contribution in [1.82, 2.24) is 0 Å². The van der Waals surface area contributed by atoms with Gasteiger partial charge in [-0.1, -0.05) is 74.0 Å². The molecule has 0 radical (unpaired) electrons. The summed E-state index contributed by atoms with van der Waals surface area (Å²) in [5.74, 6) is 1.18. The minimum Gasteiger partial charge on any atom is -0.460 e. The Morgan fingerprint density at radius 3 is 2.29 bits per heavy atom. The van der Waals surface area contributed by atoms with Crippen molar-refractivity contribution in [1.29, 1.82) is 0 Å². The van der Waals surface area contributed by atoms with E-state index >= 15 is 0 Å².